The Balaban J connectivity index is 1.83. The molecule has 0 saturated heterocycles. The molecule has 31 heavy (non-hydrogen) atoms. The third-order valence-electron chi connectivity index (χ3n) is 5.13. The number of rotatable bonds is 3. The third-order valence-corrected chi connectivity index (χ3v) is 5.36. The van der Waals surface area contributed by atoms with Crippen LogP contribution in [-0.2, 0) is 0 Å². The van der Waals surface area contributed by atoms with Gasteiger partial charge < -0.3 is 4.42 Å². The van der Waals surface area contributed by atoms with Gasteiger partial charge in [-0.05, 0) is 35.9 Å². The minimum atomic E-state index is -0.947. The summed E-state index contributed by atoms with van der Waals surface area (Å²) >= 11 is 6.06. The number of nitro benzene ring substituents is 1. The molecule has 0 spiro atoms. The van der Waals surface area contributed by atoms with E-state index in [0.29, 0.717) is 10.6 Å². The molecule has 3 heterocycles. The van der Waals surface area contributed by atoms with E-state index >= 15 is 0 Å². The zero-order valence-corrected chi connectivity index (χ0v) is 16.4. The van der Waals surface area contributed by atoms with Crippen molar-refractivity contribution in [2.75, 3.05) is 4.90 Å². The van der Waals surface area contributed by atoms with Gasteiger partial charge in [0.25, 0.3) is 11.6 Å². The van der Waals surface area contributed by atoms with Crippen LogP contribution in [0.15, 0.2) is 76.1 Å². The van der Waals surface area contributed by atoms with E-state index < -0.39 is 22.3 Å². The standard InChI is InChI=1S/C22H12ClN3O5/c23-13-7-8-16-15(11-13)20(27)18-19(12-4-3-5-14(10-12)26(29)30)25(22(28)21(18)31-16)17-6-1-2-9-24-17/h1-11,19H/t19-/m0/s1. The highest BCUT2D eigenvalue weighted by atomic mass is 35.5. The van der Waals surface area contributed by atoms with Crippen LogP contribution in [0.4, 0.5) is 11.5 Å². The highest BCUT2D eigenvalue weighted by molar-refractivity contribution is 6.31. The molecule has 1 atom stereocenters. The average molecular weight is 434 g/mol. The minimum absolute atomic E-state index is 0.0888. The van der Waals surface area contributed by atoms with E-state index in [4.69, 9.17) is 16.0 Å². The summed E-state index contributed by atoms with van der Waals surface area (Å²) in [6.07, 6.45) is 1.52. The first-order valence-electron chi connectivity index (χ1n) is 9.21. The highest BCUT2D eigenvalue weighted by Gasteiger charge is 2.44. The maximum absolute atomic E-state index is 13.4. The molecule has 152 valence electrons. The number of hydrogen-bond donors (Lipinski definition) is 0. The van der Waals surface area contributed by atoms with Gasteiger partial charge in [-0.3, -0.25) is 24.6 Å². The molecule has 8 nitrogen and oxygen atoms in total. The van der Waals surface area contributed by atoms with Crippen LogP contribution in [-0.4, -0.2) is 15.8 Å². The van der Waals surface area contributed by atoms with E-state index in [0.717, 1.165) is 0 Å². The molecule has 1 aliphatic rings. The van der Waals surface area contributed by atoms with E-state index in [9.17, 15) is 19.7 Å². The first-order valence-corrected chi connectivity index (χ1v) is 9.58. The number of carbonyl (C=O) groups is 1. The molecule has 2 aromatic heterocycles. The fourth-order valence-corrected chi connectivity index (χ4v) is 3.97. The minimum Gasteiger partial charge on any atom is -0.450 e. The number of hydrogen-bond acceptors (Lipinski definition) is 6. The Morgan fingerprint density at radius 1 is 1.06 bits per heavy atom. The lowest BCUT2D eigenvalue weighted by Gasteiger charge is -2.23. The Bertz CT molecular complexity index is 1430. The van der Waals surface area contributed by atoms with E-state index in [1.807, 2.05) is 0 Å². The van der Waals surface area contributed by atoms with E-state index in [2.05, 4.69) is 4.98 Å². The van der Waals surface area contributed by atoms with Gasteiger partial charge in [0, 0.05) is 23.4 Å². The van der Waals surface area contributed by atoms with E-state index in [1.54, 1.807) is 30.3 Å². The van der Waals surface area contributed by atoms with Crippen LogP contribution in [0.3, 0.4) is 0 Å². The summed E-state index contributed by atoms with van der Waals surface area (Å²) in [5.74, 6) is -0.391. The van der Waals surface area contributed by atoms with Crippen LogP contribution in [0.1, 0.15) is 27.7 Å². The van der Waals surface area contributed by atoms with Crippen LogP contribution in [0.25, 0.3) is 11.0 Å². The van der Waals surface area contributed by atoms with Crippen molar-refractivity contribution in [1.29, 1.82) is 0 Å². The number of halogens is 1. The molecule has 0 radical (unpaired) electrons. The van der Waals surface area contributed by atoms with Crippen molar-refractivity contribution in [3.05, 3.63) is 109 Å². The van der Waals surface area contributed by atoms with Gasteiger partial charge in [-0.25, -0.2) is 4.98 Å². The Hall–Kier alpha value is -4.04. The lowest BCUT2D eigenvalue weighted by molar-refractivity contribution is -0.384. The summed E-state index contributed by atoms with van der Waals surface area (Å²) in [4.78, 5) is 43.2. The molecule has 0 bridgehead atoms. The predicted molar refractivity (Wildman–Crippen MR) is 113 cm³/mol. The van der Waals surface area contributed by atoms with Gasteiger partial charge in [-0.1, -0.05) is 29.8 Å². The van der Waals surface area contributed by atoms with Crippen molar-refractivity contribution in [1.82, 2.24) is 4.98 Å². The summed E-state index contributed by atoms with van der Waals surface area (Å²) in [6.45, 7) is 0. The molecule has 0 fully saturated rings. The molecule has 0 saturated carbocycles. The monoisotopic (exact) mass is 433 g/mol. The Kier molecular flexibility index (Phi) is 4.30. The first-order chi connectivity index (χ1) is 15.0. The number of anilines is 1. The number of amides is 1. The largest absolute Gasteiger partial charge is 0.450 e. The van der Waals surface area contributed by atoms with E-state index in [-0.39, 0.29) is 33.8 Å². The van der Waals surface area contributed by atoms with Gasteiger partial charge in [0.2, 0.25) is 5.76 Å². The molecule has 5 rings (SSSR count). The van der Waals surface area contributed by atoms with Gasteiger partial charge in [-0.2, -0.15) is 0 Å². The van der Waals surface area contributed by atoms with Gasteiger partial charge >= 0.3 is 0 Å². The van der Waals surface area contributed by atoms with Gasteiger partial charge in [-0.15, -0.1) is 0 Å². The zero-order chi connectivity index (χ0) is 21.7. The number of carbonyl (C=O) groups excluding carboxylic acids is 1. The van der Waals surface area contributed by atoms with Crippen LogP contribution in [0.2, 0.25) is 5.02 Å². The van der Waals surface area contributed by atoms with Crippen molar-refractivity contribution in [2.45, 2.75) is 6.04 Å². The summed E-state index contributed by atoms with van der Waals surface area (Å²) in [6, 6.07) is 14.4. The number of nitrogens with zero attached hydrogens (tertiary/aromatic N) is 3. The average Bonchev–Trinajstić information content (AvgIpc) is 3.07. The molecule has 1 aliphatic heterocycles. The first kappa shape index (κ1) is 19.0. The lowest BCUT2D eigenvalue weighted by atomic mass is 9.98. The summed E-state index contributed by atoms with van der Waals surface area (Å²) in [7, 11) is 0. The van der Waals surface area contributed by atoms with Crippen LogP contribution < -0.4 is 10.3 Å². The van der Waals surface area contributed by atoms with Crippen molar-refractivity contribution in [3.63, 3.8) is 0 Å². The molecule has 4 aromatic rings. The van der Waals surface area contributed by atoms with Crippen molar-refractivity contribution >= 4 is 40.0 Å². The second-order valence-electron chi connectivity index (χ2n) is 6.93. The number of fused-ring (bicyclic) bond motifs is 2. The molecule has 0 N–H and O–H groups in total. The molecular weight excluding hydrogens is 422 g/mol. The quantitative estimate of drug-likeness (QED) is 0.348. The number of aromatic nitrogens is 1. The highest BCUT2D eigenvalue weighted by Crippen LogP contribution is 2.41. The Morgan fingerprint density at radius 2 is 1.90 bits per heavy atom. The number of benzene rings is 2. The molecule has 9 heteroatoms. The van der Waals surface area contributed by atoms with Crippen molar-refractivity contribution < 1.29 is 14.1 Å². The lowest BCUT2D eigenvalue weighted by Crippen LogP contribution is -2.30. The second-order valence-corrected chi connectivity index (χ2v) is 7.37. The molecule has 1 amide bonds. The SMILES string of the molecule is O=C1c2oc3ccc(Cl)cc3c(=O)c2[C@H](c2cccc([N+](=O)[O-])c2)N1c1ccccn1. The molecule has 0 unspecified atom stereocenters. The fraction of sp³-hybridized carbons (Fsp3) is 0.0455. The molecular formula is C22H12ClN3O5. The third kappa shape index (κ3) is 2.96. The summed E-state index contributed by atoms with van der Waals surface area (Å²) in [5, 5.41) is 11.9. The zero-order valence-electron chi connectivity index (χ0n) is 15.7. The Morgan fingerprint density at radius 3 is 2.65 bits per heavy atom. The maximum Gasteiger partial charge on any atom is 0.296 e. The van der Waals surface area contributed by atoms with Crippen molar-refractivity contribution in [2.24, 2.45) is 0 Å². The molecule has 2 aromatic carbocycles. The second kappa shape index (κ2) is 7.03. The summed E-state index contributed by atoms with van der Waals surface area (Å²) < 4.78 is 5.82. The van der Waals surface area contributed by atoms with Crippen LogP contribution >= 0.6 is 11.6 Å². The topological polar surface area (TPSA) is 107 Å². The Labute approximate surface area is 179 Å². The number of non-ortho nitro benzene ring substituents is 1. The molecule has 0 aliphatic carbocycles. The summed E-state index contributed by atoms with van der Waals surface area (Å²) in [5.41, 5.74) is 0.114. The predicted octanol–water partition coefficient (Wildman–Crippen LogP) is 4.50. The smallest absolute Gasteiger partial charge is 0.296 e. The van der Waals surface area contributed by atoms with Gasteiger partial charge in [0.15, 0.2) is 5.43 Å². The maximum atomic E-state index is 13.4. The van der Waals surface area contributed by atoms with Crippen LogP contribution in [0.5, 0.6) is 0 Å². The fourth-order valence-electron chi connectivity index (χ4n) is 3.80. The van der Waals surface area contributed by atoms with E-state index in [1.165, 1.54) is 41.4 Å². The number of nitro groups is 1. The normalized spacial score (nSPS) is 15.3. The van der Waals surface area contributed by atoms with Crippen molar-refractivity contribution in [3.8, 4) is 0 Å². The van der Waals surface area contributed by atoms with Crippen LogP contribution in [0, 0.1) is 10.1 Å². The number of pyridine rings is 1. The van der Waals surface area contributed by atoms with Gasteiger partial charge in [0.1, 0.15) is 11.4 Å². The van der Waals surface area contributed by atoms with Gasteiger partial charge in [0.05, 0.1) is 21.9 Å².